The molecule has 0 fully saturated rings. The summed E-state index contributed by atoms with van der Waals surface area (Å²) in [7, 11) is 4.80. The number of ether oxygens (including phenoxy) is 3. The molecule has 2 aromatic carbocycles. The van der Waals surface area contributed by atoms with Crippen molar-refractivity contribution >= 4 is 29.2 Å². The Morgan fingerprint density at radius 1 is 1.00 bits per heavy atom. The topological polar surface area (TPSA) is 64.1 Å². The zero-order valence-electron chi connectivity index (χ0n) is 13.7. The zero-order chi connectivity index (χ0) is 17.4. The molecule has 0 amide bonds. The third-order valence-electron chi connectivity index (χ3n) is 3.17. The first-order valence-electron chi connectivity index (χ1n) is 7.13. The van der Waals surface area contributed by atoms with E-state index >= 15 is 0 Å². The highest BCUT2D eigenvalue weighted by Gasteiger charge is 2.04. The lowest BCUT2D eigenvalue weighted by atomic mass is 10.2. The van der Waals surface area contributed by atoms with E-state index in [1.54, 1.807) is 33.6 Å². The van der Waals surface area contributed by atoms with Gasteiger partial charge in [-0.05, 0) is 36.5 Å². The molecule has 2 aromatic rings. The van der Waals surface area contributed by atoms with Crippen LogP contribution in [0.5, 0.6) is 17.2 Å². The molecule has 0 bridgehead atoms. The second kappa shape index (κ2) is 8.73. The molecule has 0 aliphatic rings. The van der Waals surface area contributed by atoms with Crippen molar-refractivity contribution in [3.8, 4) is 17.2 Å². The fourth-order valence-corrected chi connectivity index (χ4v) is 2.15. The predicted octanol–water partition coefficient (Wildman–Crippen LogP) is 3.03. The standard InChI is InChI=1S/C17H19N3O3S/c1-21-13-9-8-12(16(10-13)23-3)11-18-20-17(24)19-14-6-4-5-7-15(14)22-2/h4-11H,1-3H3,(H2,19,20,24)/b18-11-. The second-order valence-corrected chi connectivity index (χ2v) is 5.04. The highest BCUT2D eigenvalue weighted by atomic mass is 32.1. The summed E-state index contributed by atoms with van der Waals surface area (Å²) >= 11 is 5.22. The highest BCUT2D eigenvalue weighted by Crippen LogP contribution is 2.23. The summed E-state index contributed by atoms with van der Waals surface area (Å²) in [5, 5.41) is 7.49. The largest absolute Gasteiger partial charge is 0.497 e. The number of nitrogens with one attached hydrogen (secondary N) is 2. The smallest absolute Gasteiger partial charge is 0.191 e. The summed E-state index contributed by atoms with van der Waals surface area (Å²) < 4.78 is 15.7. The van der Waals surface area contributed by atoms with Crippen LogP contribution < -0.4 is 25.0 Å². The molecule has 0 heterocycles. The van der Waals surface area contributed by atoms with Crippen LogP contribution in [0.15, 0.2) is 47.6 Å². The van der Waals surface area contributed by atoms with Crippen LogP contribution in [0.2, 0.25) is 0 Å². The quantitative estimate of drug-likeness (QED) is 0.477. The minimum Gasteiger partial charge on any atom is -0.497 e. The number of hydrogen-bond donors (Lipinski definition) is 2. The van der Waals surface area contributed by atoms with Gasteiger partial charge in [0.15, 0.2) is 5.11 Å². The molecule has 126 valence electrons. The molecule has 0 aliphatic carbocycles. The van der Waals surface area contributed by atoms with Crippen molar-refractivity contribution in [1.82, 2.24) is 5.43 Å². The highest BCUT2D eigenvalue weighted by molar-refractivity contribution is 7.80. The third-order valence-corrected chi connectivity index (χ3v) is 3.36. The first-order chi connectivity index (χ1) is 11.7. The summed E-state index contributed by atoms with van der Waals surface area (Å²) in [6.45, 7) is 0. The Balaban J connectivity index is 2.00. The van der Waals surface area contributed by atoms with Gasteiger partial charge >= 0.3 is 0 Å². The second-order valence-electron chi connectivity index (χ2n) is 4.63. The summed E-state index contributed by atoms with van der Waals surface area (Å²) in [5.41, 5.74) is 4.31. The maximum Gasteiger partial charge on any atom is 0.191 e. The molecule has 2 N–H and O–H groups in total. The Bertz CT molecular complexity index is 735. The van der Waals surface area contributed by atoms with Crippen LogP contribution in [0.3, 0.4) is 0 Å². The van der Waals surface area contributed by atoms with Crippen molar-refractivity contribution in [2.45, 2.75) is 0 Å². The van der Waals surface area contributed by atoms with E-state index in [4.69, 9.17) is 26.4 Å². The third kappa shape index (κ3) is 4.60. The predicted molar refractivity (Wildman–Crippen MR) is 99.5 cm³/mol. The summed E-state index contributed by atoms with van der Waals surface area (Å²) in [6, 6.07) is 12.9. The molecule has 0 aliphatic heterocycles. The van der Waals surface area contributed by atoms with E-state index in [1.165, 1.54) is 0 Å². The van der Waals surface area contributed by atoms with Gasteiger partial charge in [0.05, 0.1) is 33.2 Å². The molecule has 6 nitrogen and oxygen atoms in total. The zero-order valence-corrected chi connectivity index (χ0v) is 14.5. The van der Waals surface area contributed by atoms with E-state index in [0.29, 0.717) is 22.4 Å². The summed E-state index contributed by atoms with van der Waals surface area (Å²) in [6.07, 6.45) is 1.62. The number of methoxy groups -OCH3 is 3. The van der Waals surface area contributed by atoms with Crippen molar-refractivity contribution in [2.75, 3.05) is 26.6 Å². The van der Waals surface area contributed by atoms with E-state index in [2.05, 4.69) is 15.8 Å². The van der Waals surface area contributed by atoms with E-state index in [9.17, 15) is 0 Å². The number of hydrogen-bond acceptors (Lipinski definition) is 5. The molecule has 7 heteroatoms. The molecular weight excluding hydrogens is 326 g/mol. The molecule has 0 saturated heterocycles. The maximum atomic E-state index is 5.31. The first kappa shape index (κ1) is 17.6. The van der Waals surface area contributed by atoms with Crippen molar-refractivity contribution in [2.24, 2.45) is 5.10 Å². The van der Waals surface area contributed by atoms with Gasteiger partial charge in [0, 0.05) is 11.6 Å². The normalized spacial score (nSPS) is 10.3. The maximum absolute atomic E-state index is 5.31. The van der Waals surface area contributed by atoms with E-state index < -0.39 is 0 Å². The lowest BCUT2D eigenvalue weighted by Gasteiger charge is -2.11. The Labute approximate surface area is 146 Å². The minimum absolute atomic E-state index is 0.350. The minimum atomic E-state index is 0.350. The van der Waals surface area contributed by atoms with E-state index in [1.807, 2.05) is 36.4 Å². The molecule has 0 saturated carbocycles. The number of hydrazone groups is 1. The number of rotatable bonds is 6. The van der Waals surface area contributed by atoms with Gasteiger partial charge in [-0.3, -0.25) is 5.43 Å². The van der Waals surface area contributed by atoms with Gasteiger partial charge in [-0.25, -0.2) is 0 Å². The van der Waals surface area contributed by atoms with Crippen molar-refractivity contribution in [3.05, 3.63) is 48.0 Å². The van der Waals surface area contributed by atoms with Gasteiger partial charge in [-0.2, -0.15) is 5.10 Å². The molecule has 0 atom stereocenters. The van der Waals surface area contributed by atoms with Gasteiger partial charge < -0.3 is 19.5 Å². The molecule has 0 aromatic heterocycles. The fourth-order valence-electron chi connectivity index (χ4n) is 1.98. The van der Waals surface area contributed by atoms with Gasteiger partial charge in [0.2, 0.25) is 0 Å². The number of anilines is 1. The Hall–Kier alpha value is -2.80. The fraction of sp³-hybridized carbons (Fsp3) is 0.176. The van der Waals surface area contributed by atoms with Crippen LogP contribution in [0.4, 0.5) is 5.69 Å². The van der Waals surface area contributed by atoms with Crippen LogP contribution >= 0.6 is 12.2 Å². The molecule has 0 spiro atoms. The molecule has 0 radical (unpaired) electrons. The van der Waals surface area contributed by atoms with Gasteiger partial charge in [0.25, 0.3) is 0 Å². The molecule has 0 unspecified atom stereocenters. The Morgan fingerprint density at radius 3 is 2.46 bits per heavy atom. The van der Waals surface area contributed by atoms with Crippen LogP contribution in [-0.2, 0) is 0 Å². The summed E-state index contributed by atoms with van der Waals surface area (Å²) in [4.78, 5) is 0. The van der Waals surface area contributed by atoms with Crippen LogP contribution in [0.25, 0.3) is 0 Å². The van der Waals surface area contributed by atoms with Gasteiger partial charge in [-0.1, -0.05) is 12.1 Å². The van der Waals surface area contributed by atoms with Crippen molar-refractivity contribution in [3.63, 3.8) is 0 Å². The SMILES string of the molecule is COc1ccc(/C=N\NC(=S)Nc2ccccc2OC)c(OC)c1. The average Bonchev–Trinajstić information content (AvgIpc) is 2.62. The Morgan fingerprint density at radius 2 is 1.75 bits per heavy atom. The first-order valence-corrected chi connectivity index (χ1v) is 7.54. The number of benzene rings is 2. The van der Waals surface area contributed by atoms with Crippen LogP contribution in [-0.4, -0.2) is 32.7 Å². The lowest BCUT2D eigenvalue weighted by molar-refractivity contribution is 0.394. The molecule has 2 rings (SSSR count). The number of thiocarbonyl (C=S) groups is 1. The van der Waals surface area contributed by atoms with Gasteiger partial charge in [0.1, 0.15) is 17.2 Å². The summed E-state index contributed by atoms with van der Waals surface area (Å²) in [5.74, 6) is 2.07. The molecule has 24 heavy (non-hydrogen) atoms. The number of nitrogens with zero attached hydrogens (tertiary/aromatic N) is 1. The van der Waals surface area contributed by atoms with Crippen LogP contribution in [0.1, 0.15) is 5.56 Å². The molecular formula is C17H19N3O3S. The van der Waals surface area contributed by atoms with Crippen LogP contribution in [0, 0.1) is 0 Å². The Kier molecular flexibility index (Phi) is 6.39. The monoisotopic (exact) mass is 345 g/mol. The van der Waals surface area contributed by atoms with E-state index in [-0.39, 0.29) is 0 Å². The lowest BCUT2D eigenvalue weighted by Crippen LogP contribution is -2.24. The van der Waals surface area contributed by atoms with Gasteiger partial charge in [-0.15, -0.1) is 0 Å². The average molecular weight is 345 g/mol. The van der Waals surface area contributed by atoms with Crippen molar-refractivity contribution < 1.29 is 14.2 Å². The van der Waals surface area contributed by atoms with Crippen molar-refractivity contribution in [1.29, 1.82) is 0 Å². The number of para-hydroxylation sites is 2. The van der Waals surface area contributed by atoms with E-state index in [0.717, 1.165) is 11.3 Å².